The molecular weight excluding hydrogens is 260 g/mol. The van der Waals surface area contributed by atoms with E-state index >= 15 is 0 Å². The number of amides is 2. The van der Waals surface area contributed by atoms with Crippen molar-refractivity contribution in [3.63, 3.8) is 0 Å². The highest BCUT2D eigenvalue weighted by Gasteiger charge is 2.27. The van der Waals surface area contributed by atoms with E-state index in [0.717, 1.165) is 5.56 Å². The van der Waals surface area contributed by atoms with Crippen LogP contribution in [0.1, 0.15) is 12.0 Å². The van der Waals surface area contributed by atoms with Gasteiger partial charge in [-0.1, -0.05) is 30.3 Å². The molecule has 2 N–H and O–H groups in total. The molecular formula is C14H16N2O4. The van der Waals surface area contributed by atoms with E-state index in [4.69, 9.17) is 0 Å². The van der Waals surface area contributed by atoms with E-state index in [1.807, 2.05) is 30.3 Å². The van der Waals surface area contributed by atoms with E-state index in [9.17, 15) is 19.5 Å². The Kier molecular flexibility index (Phi) is 4.34. The van der Waals surface area contributed by atoms with Crippen molar-refractivity contribution in [1.29, 1.82) is 0 Å². The number of benzene rings is 1. The average Bonchev–Trinajstić information content (AvgIpc) is 2.86. The number of nitrogens with one attached hydrogen (secondary N) is 1. The lowest BCUT2D eigenvalue weighted by Gasteiger charge is -2.20. The normalized spacial score (nSPS) is 16.0. The number of hydrogen-bond acceptors (Lipinski definition) is 3. The summed E-state index contributed by atoms with van der Waals surface area (Å²) in [5.41, 5.74) is 0.831. The number of likely N-dealkylation sites (tertiary alicyclic amines) is 1. The molecule has 0 radical (unpaired) electrons. The molecule has 0 aliphatic carbocycles. The fourth-order valence-corrected chi connectivity index (χ4v) is 2.09. The van der Waals surface area contributed by atoms with Crippen LogP contribution in [0, 0.1) is 0 Å². The summed E-state index contributed by atoms with van der Waals surface area (Å²) < 4.78 is 0. The van der Waals surface area contributed by atoms with Gasteiger partial charge in [0.2, 0.25) is 0 Å². The van der Waals surface area contributed by atoms with E-state index in [-0.39, 0.29) is 18.7 Å². The number of ketones is 1. The van der Waals surface area contributed by atoms with Crippen molar-refractivity contribution < 1.29 is 19.5 Å². The molecule has 1 aliphatic heterocycles. The molecule has 0 saturated carbocycles. The van der Waals surface area contributed by atoms with Crippen LogP contribution in [0.15, 0.2) is 30.3 Å². The number of hydrogen-bond donors (Lipinski definition) is 2. The fourth-order valence-electron chi connectivity index (χ4n) is 2.09. The lowest BCUT2D eigenvalue weighted by molar-refractivity contribution is -0.139. The first kappa shape index (κ1) is 14.0. The van der Waals surface area contributed by atoms with Gasteiger partial charge in [-0.15, -0.1) is 0 Å². The molecule has 1 atom stereocenters. The van der Waals surface area contributed by atoms with Gasteiger partial charge in [0.25, 0.3) is 0 Å². The molecule has 0 aromatic heterocycles. The van der Waals surface area contributed by atoms with E-state index in [0.29, 0.717) is 13.0 Å². The summed E-state index contributed by atoms with van der Waals surface area (Å²) in [5, 5.41) is 11.6. The molecule has 1 saturated heterocycles. The Balaban J connectivity index is 1.97. The van der Waals surface area contributed by atoms with Crippen LogP contribution in [0.2, 0.25) is 0 Å². The van der Waals surface area contributed by atoms with Crippen molar-refractivity contribution in [3.8, 4) is 0 Å². The molecule has 1 heterocycles. The Bertz CT molecular complexity index is 515. The van der Waals surface area contributed by atoms with Gasteiger partial charge in [-0.05, 0) is 5.56 Å². The maximum atomic E-state index is 11.9. The molecule has 106 valence electrons. The minimum atomic E-state index is -1.09. The summed E-state index contributed by atoms with van der Waals surface area (Å²) in [6.07, 6.45) is 0.549. The Morgan fingerprint density at radius 2 is 2.00 bits per heavy atom. The molecule has 0 spiro atoms. The maximum Gasteiger partial charge on any atom is 0.326 e. The van der Waals surface area contributed by atoms with E-state index in [1.54, 1.807) is 0 Å². The number of carbonyl (C=O) groups excluding carboxylic acids is 2. The predicted molar refractivity (Wildman–Crippen MR) is 71.3 cm³/mol. The number of aliphatic carboxylic acids is 1. The minimum absolute atomic E-state index is 0.00455. The second-order valence-electron chi connectivity index (χ2n) is 4.74. The van der Waals surface area contributed by atoms with Gasteiger partial charge in [0, 0.05) is 19.4 Å². The summed E-state index contributed by atoms with van der Waals surface area (Å²) in [5.74, 6) is -1.09. The second-order valence-corrected chi connectivity index (χ2v) is 4.74. The zero-order chi connectivity index (χ0) is 14.5. The van der Waals surface area contributed by atoms with E-state index in [2.05, 4.69) is 5.32 Å². The largest absolute Gasteiger partial charge is 0.480 e. The predicted octanol–water partition coefficient (Wildman–Crippen LogP) is 0.667. The molecule has 2 amide bonds. The number of carbonyl (C=O) groups is 3. The molecule has 0 bridgehead atoms. The Labute approximate surface area is 116 Å². The molecule has 1 aromatic rings. The highest BCUT2D eigenvalue weighted by molar-refractivity contribution is 5.90. The van der Waals surface area contributed by atoms with Gasteiger partial charge in [-0.2, -0.15) is 0 Å². The van der Waals surface area contributed by atoms with Crippen LogP contribution in [0.3, 0.4) is 0 Å². The van der Waals surface area contributed by atoms with Crippen molar-refractivity contribution in [1.82, 2.24) is 10.2 Å². The van der Waals surface area contributed by atoms with Crippen molar-refractivity contribution in [2.75, 3.05) is 13.1 Å². The number of urea groups is 1. The van der Waals surface area contributed by atoms with Crippen molar-refractivity contribution in [2.24, 2.45) is 0 Å². The van der Waals surface area contributed by atoms with Gasteiger partial charge >= 0.3 is 12.0 Å². The van der Waals surface area contributed by atoms with Crippen LogP contribution in [-0.4, -0.2) is 46.9 Å². The van der Waals surface area contributed by atoms with Gasteiger partial charge in [0.1, 0.15) is 6.04 Å². The minimum Gasteiger partial charge on any atom is -0.480 e. The van der Waals surface area contributed by atoms with Crippen molar-refractivity contribution in [3.05, 3.63) is 35.9 Å². The first-order valence-corrected chi connectivity index (χ1v) is 6.40. The summed E-state index contributed by atoms with van der Waals surface area (Å²) in [6, 6.07) is 7.58. The Morgan fingerprint density at radius 3 is 2.55 bits per heavy atom. The lowest BCUT2D eigenvalue weighted by atomic mass is 10.1. The topological polar surface area (TPSA) is 86.7 Å². The highest BCUT2D eigenvalue weighted by atomic mass is 16.4. The van der Waals surface area contributed by atoms with Gasteiger partial charge < -0.3 is 15.3 Å². The molecule has 1 fully saturated rings. The van der Waals surface area contributed by atoms with Crippen LogP contribution in [0.25, 0.3) is 0 Å². The van der Waals surface area contributed by atoms with Crippen LogP contribution in [0.5, 0.6) is 0 Å². The van der Waals surface area contributed by atoms with Crippen LogP contribution in [0.4, 0.5) is 4.79 Å². The summed E-state index contributed by atoms with van der Waals surface area (Å²) in [6.45, 7) is 0.409. The third-order valence-corrected chi connectivity index (χ3v) is 3.19. The molecule has 0 unspecified atom stereocenters. The first-order chi connectivity index (χ1) is 9.56. The van der Waals surface area contributed by atoms with Crippen molar-refractivity contribution >= 4 is 17.8 Å². The molecule has 6 nitrogen and oxygen atoms in total. The number of rotatable bonds is 4. The van der Waals surface area contributed by atoms with Crippen LogP contribution < -0.4 is 5.32 Å². The summed E-state index contributed by atoms with van der Waals surface area (Å²) in [4.78, 5) is 35.6. The SMILES string of the molecule is O=C1CCN(C(=O)N[C@@H](Cc2ccccc2)C(=O)O)C1. The zero-order valence-electron chi connectivity index (χ0n) is 10.9. The van der Waals surface area contributed by atoms with Gasteiger partial charge in [-0.25, -0.2) is 9.59 Å². The lowest BCUT2D eigenvalue weighted by Crippen LogP contribution is -2.48. The van der Waals surface area contributed by atoms with E-state index < -0.39 is 18.0 Å². The Hall–Kier alpha value is -2.37. The van der Waals surface area contributed by atoms with Gasteiger partial charge in [0.05, 0.1) is 6.54 Å². The molecule has 1 aromatic carbocycles. The quantitative estimate of drug-likeness (QED) is 0.846. The summed E-state index contributed by atoms with van der Waals surface area (Å²) in [7, 11) is 0. The molecule has 6 heteroatoms. The maximum absolute atomic E-state index is 11.9. The van der Waals surface area contributed by atoms with Gasteiger partial charge in [-0.3, -0.25) is 4.79 Å². The smallest absolute Gasteiger partial charge is 0.326 e. The molecule has 2 rings (SSSR count). The number of nitrogens with zero attached hydrogens (tertiary/aromatic N) is 1. The standard InChI is InChI=1S/C14H16N2O4/c17-11-6-7-16(9-11)14(20)15-12(13(18)19)8-10-4-2-1-3-5-10/h1-5,12H,6-9H2,(H,15,20)(H,18,19)/t12-/m0/s1. The highest BCUT2D eigenvalue weighted by Crippen LogP contribution is 2.07. The number of carboxylic acid groups (broad SMARTS) is 1. The Morgan fingerprint density at radius 1 is 1.30 bits per heavy atom. The monoisotopic (exact) mass is 276 g/mol. The van der Waals surface area contributed by atoms with E-state index in [1.165, 1.54) is 4.90 Å². The zero-order valence-corrected chi connectivity index (χ0v) is 10.9. The molecule has 1 aliphatic rings. The third kappa shape index (κ3) is 3.57. The second kappa shape index (κ2) is 6.18. The average molecular weight is 276 g/mol. The van der Waals surface area contributed by atoms with Gasteiger partial charge in [0.15, 0.2) is 5.78 Å². The fraction of sp³-hybridized carbons (Fsp3) is 0.357. The molecule has 20 heavy (non-hydrogen) atoms. The third-order valence-electron chi connectivity index (χ3n) is 3.19. The number of Topliss-reactive ketones (excluding diaryl/α,β-unsaturated/α-hetero) is 1. The van der Waals surface area contributed by atoms with Crippen LogP contribution >= 0.6 is 0 Å². The first-order valence-electron chi connectivity index (χ1n) is 6.40. The summed E-state index contributed by atoms with van der Waals surface area (Å²) >= 11 is 0. The van der Waals surface area contributed by atoms with Crippen LogP contribution in [-0.2, 0) is 16.0 Å². The van der Waals surface area contributed by atoms with Crippen molar-refractivity contribution in [2.45, 2.75) is 18.9 Å². The number of carboxylic acids is 1.